The number of nitrogens with zero attached hydrogens (tertiary/aromatic N) is 1. The van der Waals surface area contributed by atoms with Crippen LogP contribution >= 0.6 is 0 Å². The molecule has 1 spiro atoms. The highest BCUT2D eigenvalue weighted by atomic mass is 16.6. The molecule has 1 aromatic carbocycles. The summed E-state index contributed by atoms with van der Waals surface area (Å²) in [6.07, 6.45) is 3.21. The van der Waals surface area contributed by atoms with Crippen molar-refractivity contribution in [3.05, 3.63) is 29.8 Å². The van der Waals surface area contributed by atoms with Crippen LogP contribution in [0.5, 0.6) is 0 Å². The van der Waals surface area contributed by atoms with Gasteiger partial charge in [0.05, 0.1) is 12.2 Å². The minimum Gasteiger partial charge on any atom is -0.398 e. The van der Waals surface area contributed by atoms with Crippen LogP contribution in [0.2, 0.25) is 0 Å². The molecule has 2 atom stereocenters. The van der Waals surface area contributed by atoms with Crippen LogP contribution in [0, 0.1) is 0 Å². The molecule has 0 radical (unpaired) electrons. The lowest BCUT2D eigenvalue weighted by molar-refractivity contribution is -0.107. The van der Waals surface area contributed by atoms with Crippen LogP contribution in [0.15, 0.2) is 24.3 Å². The first-order chi connectivity index (χ1) is 10.2. The van der Waals surface area contributed by atoms with Crippen molar-refractivity contribution < 1.29 is 9.47 Å². The van der Waals surface area contributed by atoms with Gasteiger partial charge in [-0.3, -0.25) is 4.90 Å². The standard InChI is InChI=1S/C17H26N2O2/c1-2-19(12-14-5-3-4-6-16(14)18)15-7-9-21-17(11-15)8-10-20-13-17/h3-6,15H,2,7-13,18H2,1H3. The Hall–Kier alpha value is -1.10. The predicted octanol–water partition coefficient (Wildman–Crippen LogP) is 2.43. The maximum absolute atomic E-state index is 6.10. The van der Waals surface area contributed by atoms with Crippen LogP contribution in [-0.2, 0) is 16.0 Å². The zero-order valence-corrected chi connectivity index (χ0v) is 12.9. The molecule has 2 aliphatic rings. The minimum atomic E-state index is -0.0292. The maximum atomic E-state index is 6.10. The van der Waals surface area contributed by atoms with E-state index >= 15 is 0 Å². The molecular weight excluding hydrogens is 264 g/mol. The van der Waals surface area contributed by atoms with Gasteiger partial charge in [0.2, 0.25) is 0 Å². The van der Waals surface area contributed by atoms with E-state index in [1.54, 1.807) is 0 Å². The number of ether oxygens (including phenoxy) is 2. The Morgan fingerprint density at radius 1 is 1.33 bits per heavy atom. The summed E-state index contributed by atoms with van der Waals surface area (Å²) >= 11 is 0. The number of para-hydroxylation sites is 1. The molecule has 1 aromatic rings. The van der Waals surface area contributed by atoms with Crippen LogP contribution < -0.4 is 5.73 Å². The number of benzene rings is 1. The van der Waals surface area contributed by atoms with Gasteiger partial charge >= 0.3 is 0 Å². The van der Waals surface area contributed by atoms with Gasteiger partial charge in [0.15, 0.2) is 0 Å². The SMILES string of the molecule is CCN(Cc1ccccc1N)C1CCOC2(CCOC2)C1. The van der Waals surface area contributed by atoms with E-state index < -0.39 is 0 Å². The van der Waals surface area contributed by atoms with Crippen LogP contribution in [0.25, 0.3) is 0 Å². The fourth-order valence-electron chi connectivity index (χ4n) is 3.57. The van der Waals surface area contributed by atoms with Crippen LogP contribution in [-0.4, -0.2) is 42.9 Å². The zero-order chi connectivity index (χ0) is 14.7. The highest BCUT2D eigenvalue weighted by Crippen LogP contribution is 2.35. The minimum absolute atomic E-state index is 0.0292. The molecule has 2 N–H and O–H groups in total. The van der Waals surface area contributed by atoms with Gasteiger partial charge in [-0.15, -0.1) is 0 Å². The second-order valence-electron chi connectivity index (χ2n) is 6.24. The van der Waals surface area contributed by atoms with E-state index in [0.29, 0.717) is 6.04 Å². The first-order valence-corrected chi connectivity index (χ1v) is 8.01. The normalized spacial score (nSPS) is 29.3. The third-order valence-electron chi connectivity index (χ3n) is 4.89. The second kappa shape index (κ2) is 6.34. The topological polar surface area (TPSA) is 47.7 Å². The summed E-state index contributed by atoms with van der Waals surface area (Å²) < 4.78 is 11.6. The van der Waals surface area contributed by atoms with Crippen LogP contribution in [0.3, 0.4) is 0 Å². The van der Waals surface area contributed by atoms with E-state index in [9.17, 15) is 0 Å². The Balaban J connectivity index is 1.69. The highest BCUT2D eigenvalue weighted by molar-refractivity contribution is 5.46. The van der Waals surface area contributed by atoms with Crippen molar-refractivity contribution in [2.24, 2.45) is 0 Å². The summed E-state index contributed by atoms with van der Waals surface area (Å²) in [5.41, 5.74) is 8.18. The Labute approximate surface area is 127 Å². The lowest BCUT2D eigenvalue weighted by atomic mass is 9.88. The fourth-order valence-corrected chi connectivity index (χ4v) is 3.57. The van der Waals surface area contributed by atoms with E-state index in [-0.39, 0.29) is 5.60 Å². The van der Waals surface area contributed by atoms with E-state index in [0.717, 1.165) is 57.9 Å². The van der Waals surface area contributed by atoms with Crippen molar-refractivity contribution in [1.29, 1.82) is 0 Å². The lowest BCUT2D eigenvalue weighted by Gasteiger charge is -2.42. The molecule has 2 saturated heterocycles. The smallest absolute Gasteiger partial charge is 0.0951 e. The third kappa shape index (κ3) is 3.23. The molecule has 4 heteroatoms. The average Bonchev–Trinajstić information content (AvgIpc) is 2.94. The van der Waals surface area contributed by atoms with Crippen LogP contribution in [0.4, 0.5) is 5.69 Å². The molecule has 0 bridgehead atoms. The van der Waals surface area contributed by atoms with Crippen molar-refractivity contribution in [2.75, 3.05) is 32.1 Å². The maximum Gasteiger partial charge on any atom is 0.0951 e. The first-order valence-electron chi connectivity index (χ1n) is 8.01. The number of hydrogen-bond acceptors (Lipinski definition) is 4. The van der Waals surface area contributed by atoms with Crippen molar-refractivity contribution in [1.82, 2.24) is 4.90 Å². The summed E-state index contributed by atoms with van der Waals surface area (Å²) in [5, 5.41) is 0. The third-order valence-corrected chi connectivity index (χ3v) is 4.89. The van der Waals surface area contributed by atoms with Crippen molar-refractivity contribution in [3.63, 3.8) is 0 Å². The Kier molecular flexibility index (Phi) is 4.48. The van der Waals surface area contributed by atoms with Crippen LogP contribution in [0.1, 0.15) is 31.7 Å². The summed E-state index contributed by atoms with van der Waals surface area (Å²) in [4.78, 5) is 2.54. The predicted molar refractivity (Wildman–Crippen MR) is 84.1 cm³/mol. The van der Waals surface area contributed by atoms with Gasteiger partial charge in [-0.25, -0.2) is 0 Å². The van der Waals surface area contributed by atoms with Gasteiger partial charge in [0.1, 0.15) is 0 Å². The van der Waals surface area contributed by atoms with E-state index in [2.05, 4.69) is 24.0 Å². The molecule has 0 amide bonds. The first kappa shape index (κ1) is 14.8. The summed E-state index contributed by atoms with van der Waals surface area (Å²) in [6.45, 7) is 6.63. The van der Waals surface area contributed by atoms with Gasteiger partial charge in [0.25, 0.3) is 0 Å². The van der Waals surface area contributed by atoms with Gasteiger partial charge < -0.3 is 15.2 Å². The van der Waals surface area contributed by atoms with E-state index in [4.69, 9.17) is 15.2 Å². The second-order valence-corrected chi connectivity index (χ2v) is 6.24. The quantitative estimate of drug-likeness (QED) is 0.865. The number of nitrogens with two attached hydrogens (primary N) is 1. The molecule has 0 aliphatic carbocycles. The molecule has 3 rings (SSSR count). The van der Waals surface area contributed by atoms with E-state index in [1.165, 1.54) is 5.56 Å². The van der Waals surface area contributed by atoms with Gasteiger partial charge in [-0.1, -0.05) is 25.1 Å². The summed E-state index contributed by atoms with van der Waals surface area (Å²) in [7, 11) is 0. The molecule has 21 heavy (non-hydrogen) atoms. The number of nitrogen functional groups attached to an aromatic ring is 1. The number of hydrogen-bond donors (Lipinski definition) is 1. The van der Waals surface area contributed by atoms with Gasteiger partial charge in [-0.05, 0) is 31.0 Å². The monoisotopic (exact) mass is 290 g/mol. The van der Waals surface area contributed by atoms with E-state index in [1.807, 2.05) is 12.1 Å². The number of rotatable bonds is 4. The Morgan fingerprint density at radius 2 is 2.19 bits per heavy atom. The molecule has 4 nitrogen and oxygen atoms in total. The highest BCUT2D eigenvalue weighted by Gasteiger charge is 2.42. The Morgan fingerprint density at radius 3 is 2.90 bits per heavy atom. The summed E-state index contributed by atoms with van der Waals surface area (Å²) in [6, 6.07) is 8.74. The molecule has 116 valence electrons. The molecule has 2 fully saturated rings. The molecule has 2 heterocycles. The van der Waals surface area contributed by atoms with Crippen molar-refractivity contribution in [2.45, 2.75) is 44.4 Å². The molecule has 0 aromatic heterocycles. The Bertz CT molecular complexity index is 472. The largest absolute Gasteiger partial charge is 0.398 e. The molecular formula is C17H26N2O2. The van der Waals surface area contributed by atoms with Gasteiger partial charge in [0, 0.05) is 37.9 Å². The molecule has 2 unspecified atom stereocenters. The lowest BCUT2D eigenvalue weighted by Crippen LogP contribution is -2.49. The van der Waals surface area contributed by atoms with Gasteiger partial charge in [-0.2, -0.15) is 0 Å². The molecule has 2 aliphatic heterocycles. The summed E-state index contributed by atoms with van der Waals surface area (Å²) in [5.74, 6) is 0. The zero-order valence-electron chi connectivity index (χ0n) is 12.9. The van der Waals surface area contributed by atoms with Crippen molar-refractivity contribution >= 4 is 5.69 Å². The molecule has 0 saturated carbocycles. The number of anilines is 1. The fraction of sp³-hybridized carbons (Fsp3) is 0.647. The van der Waals surface area contributed by atoms with Crippen molar-refractivity contribution in [3.8, 4) is 0 Å². The average molecular weight is 290 g/mol.